The predicted molar refractivity (Wildman–Crippen MR) is 71.2 cm³/mol. The molecule has 2 heterocycles. The minimum atomic E-state index is -0.872. The maximum atomic E-state index is 11.0. The average Bonchev–Trinajstić information content (AvgIpc) is 3.11. The van der Waals surface area contributed by atoms with Gasteiger partial charge in [-0.2, -0.15) is 0 Å². The average molecular weight is 258 g/mol. The van der Waals surface area contributed by atoms with E-state index in [1.165, 1.54) is 19.3 Å². The van der Waals surface area contributed by atoms with Gasteiger partial charge in [0.1, 0.15) is 5.82 Å². The summed E-state index contributed by atoms with van der Waals surface area (Å²) in [4.78, 5) is 17.7. The molecule has 1 aliphatic heterocycles. The molecule has 100 valence electrons. The lowest BCUT2D eigenvalue weighted by Gasteiger charge is -2.22. The van der Waals surface area contributed by atoms with Crippen LogP contribution in [0.25, 0.3) is 0 Å². The Hall–Kier alpha value is -1.58. The number of carboxylic acid groups (broad SMARTS) is 1. The third-order valence-corrected chi connectivity index (χ3v) is 5.45. The van der Waals surface area contributed by atoms with Crippen molar-refractivity contribution in [1.29, 1.82) is 0 Å². The summed E-state index contributed by atoms with van der Waals surface area (Å²) < 4.78 is 0. The van der Waals surface area contributed by atoms with Crippen molar-refractivity contribution in [3.8, 4) is 0 Å². The summed E-state index contributed by atoms with van der Waals surface area (Å²) in [7, 11) is 0. The van der Waals surface area contributed by atoms with Crippen LogP contribution >= 0.6 is 0 Å². The number of hydrogen-bond donors (Lipinski definition) is 1. The fraction of sp³-hybridized carbons (Fsp3) is 0.600. The van der Waals surface area contributed by atoms with E-state index in [1.54, 1.807) is 18.3 Å². The van der Waals surface area contributed by atoms with Crippen LogP contribution in [-0.4, -0.2) is 29.1 Å². The molecule has 4 atom stereocenters. The highest BCUT2D eigenvalue weighted by Gasteiger charge is 2.51. The zero-order valence-corrected chi connectivity index (χ0v) is 10.8. The highest BCUT2D eigenvalue weighted by Crippen LogP contribution is 2.55. The van der Waals surface area contributed by atoms with Gasteiger partial charge in [-0.3, -0.25) is 0 Å². The number of carbonyl (C=O) groups is 1. The van der Waals surface area contributed by atoms with E-state index in [2.05, 4.69) is 9.88 Å². The number of carboxylic acids is 1. The van der Waals surface area contributed by atoms with Crippen LogP contribution in [0.1, 0.15) is 29.6 Å². The number of aromatic nitrogens is 1. The molecule has 0 amide bonds. The lowest BCUT2D eigenvalue weighted by atomic mass is 9.82. The molecular weight excluding hydrogens is 240 g/mol. The molecule has 0 aromatic carbocycles. The van der Waals surface area contributed by atoms with Crippen LogP contribution < -0.4 is 4.90 Å². The summed E-state index contributed by atoms with van der Waals surface area (Å²) >= 11 is 0. The van der Waals surface area contributed by atoms with E-state index in [9.17, 15) is 4.79 Å². The van der Waals surface area contributed by atoms with Gasteiger partial charge in [0.15, 0.2) is 0 Å². The molecule has 1 aromatic heterocycles. The molecule has 1 N–H and O–H groups in total. The van der Waals surface area contributed by atoms with Gasteiger partial charge in [0.05, 0.1) is 5.56 Å². The van der Waals surface area contributed by atoms with Gasteiger partial charge in [-0.05, 0) is 55.1 Å². The highest BCUT2D eigenvalue weighted by molar-refractivity contribution is 5.88. The fourth-order valence-corrected chi connectivity index (χ4v) is 4.59. The van der Waals surface area contributed by atoms with Gasteiger partial charge >= 0.3 is 5.97 Å². The van der Waals surface area contributed by atoms with Crippen LogP contribution in [0.3, 0.4) is 0 Å². The van der Waals surface area contributed by atoms with Gasteiger partial charge in [-0.1, -0.05) is 0 Å². The summed E-state index contributed by atoms with van der Waals surface area (Å²) in [6.07, 6.45) is 5.86. The van der Waals surface area contributed by atoms with Gasteiger partial charge < -0.3 is 10.0 Å². The first-order valence-electron chi connectivity index (χ1n) is 7.16. The molecule has 2 bridgehead atoms. The molecule has 0 unspecified atom stereocenters. The van der Waals surface area contributed by atoms with Gasteiger partial charge in [0, 0.05) is 19.3 Å². The van der Waals surface area contributed by atoms with E-state index in [-0.39, 0.29) is 0 Å². The molecule has 1 aromatic rings. The van der Waals surface area contributed by atoms with E-state index >= 15 is 0 Å². The second-order valence-electron chi connectivity index (χ2n) is 6.27. The lowest BCUT2D eigenvalue weighted by molar-refractivity contribution is 0.0697. The van der Waals surface area contributed by atoms with Crippen molar-refractivity contribution in [1.82, 2.24) is 4.98 Å². The third-order valence-electron chi connectivity index (χ3n) is 5.45. The summed E-state index contributed by atoms with van der Waals surface area (Å²) in [5, 5.41) is 9.06. The maximum absolute atomic E-state index is 11.0. The zero-order valence-electron chi connectivity index (χ0n) is 10.8. The van der Waals surface area contributed by atoms with Crippen molar-refractivity contribution in [3.63, 3.8) is 0 Å². The molecule has 3 aliphatic rings. The molecule has 1 saturated heterocycles. The van der Waals surface area contributed by atoms with Gasteiger partial charge in [-0.25, -0.2) is 9.78 Å². The predicted octanol–water partition coefficient (Wildman–Crippen LogP) is 2.26. The summed E-state index contributed by atoms with van der Waals surface area (Å²) in [5.74, 6) is 3.46. The Kier molecular flexibility index (Phi) is 2.34. The number of aromatic carboxylic acids is 1. The first-order chi connectivity index (χ1) is 9.22. The van der Waals surface area contributed by atoms with Crippen molar-refractivity contribution in [2.75, 3.05) is 18.0 Å². The van der Waals surface area contributed by atoms with E-state index in [4.69, 9.17) is 5.11 Å². The molecule has 0 radical (unpaired) electrons. The Labute approximate surface area is 112 Å². The lowest BCUT2D eigenvalue weighted by Crippen LogP contribution is -2.23. The summed E-state index contributed by atoms with van der Waals surface area (Å²) in [5.41, 5.74) is 0.338. The van der Waals surface area contributed by atoms with Crippen LogP contribution in [-0.2, 0) is 0 Å². The minimum Gasteiger partial charge on any atom is -0.478 e. The molecule has 2 aliphatic carbocycles. The van der Waals surface area contributed by atoms with Crippen molar-refractivity contribution in [3.05, 3.63) is 23.9 Å². The monoisotopic (exact) mass is 258 g/mol. The Morgan fingerprint density at radius 2 is 1.95 bits per heavy atom. The smallest absolute Gasteiger partial charge is 0.335 e. The fourth-order valence-electron chi connectivity index (χ4n) is 4.59. The van der Waals surface area contributed by atoms with Gasteiger partial charge in [0.2, 0.25) is 0 Å². The quantitative estimate of drug-likeness (QED) is 0.884. The number of rotatable bonds is 2. The van der Waals surface area contributed by atoms with Crippen LogP contribution in [0.4, 0.5) is 5.82 Å². The van der Waals surface area contributed by atoms with Crippen LogP contribution in [0.5, 0.6) is 0 Å². The highest BCUT2D eigenvalue weighted by atomic mass is 16.4. The number of pyridine rings is 1. The van der Waals surface area contributed by atoms with Crippen molar-refractivity contribution >= 4 is 11.8 Å². The van der Waals surface area contributed by atoms with Crippen LogP contribution in [0.15, 0.2) is 18.3 Å². The number of hydrogen-bond acceptors (Lipinski definition) is 3. The van der Waals surface area contributed by atoms with E-state index < -0.39 is 5.97 Å². The second kappa shape index (κ2) is 3.95. The summed E-state index contributed by atoms with van der Waals surface area (Å²) in [6, 6.07) is 3.28. The molecule has 2 saturated carbocycles. The maximum Gasteiger partial charge on any atom is 0.335 e. The number of fused-ring (bicyclic) bond motifs is 5. The Morgan fingerprint density at radius 3 is 2.58 bits per heavy atom. The summed E-state index contributed by atoms with van der Waals surface area (Å²) in [6.45, 7) is 2.14. The SMILES string of the molecule is O=C(O)c1ccnc(N2C[C@@H]3[C@@H]4CC[C@@H](C4)[C@@H]3C2)c1. The molecular formula is C15H18N2O2. The topological polar surface area (TPSA) is 53.4 Å². The number of anilines is 1. The van der Waals surface area contributed by atoms with E-state index in [0.29, 0.717) is 5.56 Å². The molecule has 4 heteroatoms. The van der Waals surface area contributed by atoms with Crippen LogP contribution in [0.2, 0.25) is 0 Å². The molecule has 4 nitrogen and oxygen atoms in total. The first kappa shape index (κ1) is 11.3. The molecule has 19 heavy (non-hydrogen) atoms. The zero-order chi connectivity index (χ0) is 13.0. The van der Waals surface area contributed by atoms with E-state index in [0.717, 1.165) is 42.6 Å². The molecule has 3 fully saturated rings. The normalized spacial score (nSPS) is 35.7. The number of nitrogens with zero attached hydrogens (tertiary/aromatic N) is 2. The Bertz CT molecular complexity index is 513. The van der Waals surface area contributed by atoms with Crippen molar-refractivity contribution < 1.29 is 9.90 Å². The third kappa shape index (κ3) is 1.66. The van der Waals surface area contributed by atoms with Crippen LogP contribution in [0, 0.1) is 23.7 Å². The van der Waals surface area contributed by atoms with Gasteiger partial charge in [0.25, 0.3) is 0 Å². The Balaban J connectivity index is 1.58. The largest absolute Gasteiger partial charge is 0.478 e. The van der Waals surface area contributed by atoms with Crippen molar-refractivity contribution in [2.24, 2.45) is 23.7 Å². The van der Waals surface area contributed by atoms with E-state index in [1.807, 2.05) is 0 Å². The van der Waals surface area contributed by atoms with Crippen molar-refractivity contribution in [2.45, 2.75) is 19.3 Å². The first-order valence-corrected chi connectivity index (χ1v) is 7.16. The Morgan fingerprint density at radius 1 is 1.26 bits per heavy atom. The molecule has 4 rings (SSSR count). The molecule has 0 spiro atoms. The second-order valence-corrected chi connectivity index (χ2v) is 6.27. The van der Waals surface area contributed by atoms with Gasteiger partial charge in [-0.15, -0.1) is 0 Å². The minimum absolute atomic E-state index is 0.338. The standard InChI is InChI=1S/C15H18N2O2/c18-15(19)11-3-4-16-14(6-11)17-7-12-9-1-2-10(5-9)13(12)8-17/h3-4,6,9-10,12-13H,1-2,5,7-8H2,(H,18,19)/t9-,10+,12-,13+.